The molecule has 7 amide bonds. The van der Waals surface area contributed by atoms with Crippen molar-refractivity contribution < 1.29 is 56.2 Å². The van der Waals surface area contributed by atoms with Crippen molar-refractivity contribution in [2.45, 2.75) is 140 Å². The first kappa shape index (κ1) is 51.1. The van der Waals surface area contributed by atoms with Crippen LogP contribution in [0.25, 0.3) is 0 Å². The molecule has 2 fully saturated rings. The topological polar surface area (TPSA) is 198 Å². The van der Waals surface area contributed by atoms with Gasteiger partial charge in [-0.1, -0.05) is 44.0 Å². The van der Waals surface area contributed by atoms with Crippen LogP contribution in [-0.4, -0.2) is 142 Å². The number of likely N-dealkylation sites (tertiary alicyclic amines) is 1. The van der Waals surface area contributed by atoms with Crippen LogP contribution >= 0.6 is 23.2 Å². The fraction of sp³-hybridized carbons (Fsp3) is 0.675. The van der Waals surface area contributed by atoms with E-state index in [4.69, 9.17) is 23.2 Å². The number of nitrogens with zero attached hydrogens (tertiary/aromatic N) is 3. The molecule has 5 N–H and O–H groups in total. The normalized spacial score (nSPS) is 25.0. The summed E-state index contributed by atoms with van der Waals surface area (Å²) in [6.07, 6.45) is -7.60. The van der Waals surface area contributed by atoms with E-state index in [9.17, 15) is 56.2 Å². The summed E-state index contributed by atoms with van der Waals surface area (Å²) in [5, 5.41) is 21.2. The molecule has 2 heterocycles. The molecule has 0 aliphatic carbocycles. The number of rotatable bonds is 10. The summed E-state index contributed by atoms with van der Waals surface area (Å²) in [7, 11) is 2.66. The highest BCUT2D eigenvalue weighted by Crippen LogP contribution is 2.34. The Bertz CT molecular complexity index is 1820. The van der Waals surface area contributed by atoms with Crippen molar-refractivity contribution in [2.75, 3.05) is 27.2 Å². The van der Waals surface area contributed by atoms with Crippen LogP contribution in [0.2, 0.25) is 10.0 Å². The largest absolute Gasteiger partial charge is 0.426 e. The van der Waals surface area contributed by atoms with Crippen LogP contribution in [0.5, 0.6) is 0 Å². The Morgan fingerprint density at radius 3 is 2.31 bits per heavy atom. The molecule has 1 aromatic carbocycles. The fourth-order valence-electron chi connectivity index (χ4n) is 7.17. The lowest BCUT2D eigenvalue weighted by Crippen LogP contribution is -2.62. The van der Waals surface area contributed by atoms with E-state index >= 15 is 0 Å². The molecular formula is C40H57Cl2F4N7O8. The standard InChI is InChI=1S/C40H57Cl2F4N7O8/c1-9-26(48-32(55)30-19-24(43)20-53(30)37(60)39(6,61)40(44,45)46)34(57)51(7)28-12-10-11-15-47-36(59)38(4,5)50-33(56)29(18-22-17-23(41)13-14-25(22)42)52(8)35(58)27(16-21(2)3)49-31(28)54/h13-14,17,21,24,26-30,61H,9-12,15-16,18-20H2,1-8H3,(H,47,59)(H,48,55)(H,49,54)(H,50,56)/t24-,26+,27+,28+,29+,30+,39-/m1/s1. The molecule has 15 nitrogen and oxygen atoms in total. The van der Waals surface area contributed by atoms with Crippen LogP contribution < -0.4 is 21.3 Å². The zero-order valence-electron chi connectivity index (χ0n) is 35.6. The number of likely N-dealkylation sites (N-methyl/N-ethyl adjacent to an activating group) is 2. The monoisotopic (exact) mass is 909 g/mol. The Labute approximate surface area is 363 Å². The van der Waals surface area contributed by atoms with Crippen LogP contribution in [0, 0.1) is 5.92 Å². The van der Waals surface area contributed by atoms with Gasteiger partial charge in [0.1, 0.15) is 41.9 Å². The van der Waals surface area contributed by atoms with Gasteiger partial charge >= 0.3 is 6.18 Å². The Balaban J connectivity index is 1.97. The van der Waals surface area contributed by atoms with Gasteiger partial charge in [-0.25, -0.2) is 4.39 Å². The van der Waals surface area contributed by atoms with Crippen molar-refractivity contribution in [2.24, 2.45) is 5.92 Å². The van der Waals surface area contributed by atoms with Crippen LogP contribution in [0.1, 0.15) is 85.6 Å². The van der Waals surface area contributed by atoms with Gasteiger partial charge in [-0.05, 0) is 82.6 Å². The number of alkyl halides is 4. The second-order valence-corrected chi connectivity index (χ2v) is 17.6. The van der Waals surface area contributed by atoms with Crippen molar-refractivity contribution in [3.05, 3.63) is 33.8 Å². The van der Waals surface area contributed by atoms with Crippen LogP contribution in [0.4, 0.5) is 17.6 Å². The van der Waals surface area contributed by atoms with E-state index < -0.39 is 108 Å². The molecule has 0 spiro atoms. The first-order valence-electron chi connectivity index (χ1n) is 20.1. The average Bonchev–Trinajstić information content (AvgIpc) is 3.56. The maximum Gasteiger partial charge on any atom is 0.426 e. The van der Waals surface area contributed by atoms with Gasteiger partial charge in [0, 0.05) is 43.5 Å². The zero-order chi connectivity index (χ0) is 46.4. The molecule has 0 aromatic heterocycles. The van der Waals surface area contributed by atoms with E-state index in [-0.39, 0.29) is 56.5 Å². The number of nitrogens with one attached hydrogen (secondary N) is 4. The highest BCUT2D eigenvalue weighted by molar-refractivity contribution is 6.33. The van der Waals surface area contributed by atoms with E-state index in [0.29, 0.717) is 21.9 Å². The molecule has 7 atom stereocenters. The van der Waals surface area contributed by atoms with Crippen molar-refractivity contribution in [1.29, 1.82) is 0 Å². The first-order valence-corrected chi connectivity index (χ1v) is 20.8. The SMILES string of the molecule is CC[C@H](NC(=O)[C@@H]1C[C@@H](F)CN1C(=O)[C@@](C)(O)C(F)(F)F)C(=O)N(C)[C@H]1CCCCNC(=O)C(C)(C)NC(=O)[C@H](Cc2cc(Cl)ccc2Cl)N(C)C(=O)[C@H](CC(C)C)NC1=O. The van der Waals surface area contributed by atoms with Gasteiger partial charge in [0.15, 0.2) is 0 Å². The average molecular weight is 911 g/mol. The molecule has 2 aliphatic heterocycles. The zero-order valence-corrected chi connectivity index (χ0v) is 37.1. The van der Waals surface area contributed by atoms with E-state index in [1.807, 2.05) is 13.8 Å². The molecular weight excluding hydrogens is 853 g/mol. The number of halogens is 6. The van der Waals surface area contributed by atoms with Crippen molar-refractivity contribution in [3.63, 3.8) is 0 Å². The van der Waals surface area contributed by atoms with Crippen LogP contribution in [0.15, 0.2) is 18.2 Å². The highest BCUT2D eigenvalue weighted by atomic mass is 35.5. The maximum absolute atomic E-state index is 14.6. The van der Waals surface area contributed by atoms with E-state index in [1.165, 1.54) is 40.9 Å². The molecule has 61 heavy (non-hydrogen) atoms. The lowest BCUT2D eigenvalue weighted by Gasteiger charge is -2.36. The number of hydrogen-bond donors (Lipinski definition) is 5. The predicted molar refractivity (Wildman–Crippen MR) is 218 cm³/mol. The van der Waals surface area contributed by atoms with Crippen LogP contribution in [-0.2, 0) is 40.0 Å². The van der Waals surface area contributed by atoms with Crippen molar-refractivity contribution >= 4 is 64.6 Å². The van der Waals surface area contributed by atoms with Gasteiger partial charge in [-0.2, -0.15) is 13.2 Å². The Morgan fingerprint density at radius 2 is 1.72 bits per heavy atom. The summed E-state index contributed by atoms with van der Waals surface area (Å²) >= 11 is 12.7. The molecule has 1 aromatic rings. The quantitative estimate of drug-likeness (QED) is 0.221. The molecule has 0 unspecified atom stereocenters. The minimum atomic E-state index is -5.44. The number of benzene rings is 1. The molecule has 21 heteroatoms. The summed E-state index contributed by atoms with van der Waals surface area (Å²) < 4.78 is 55.1. The fourth-order valence-corrected chi connectivity index (χ4v) is 7.56. The second-order valence-electron chi connectivity index (χ2n) is 16.8. The van der Waals surface area contributed by atoms with Gasteiger partial charge in [-0.15, -0.1) is 0 Å². The summed E-state index contributed by atoms with van der Waals surface area (Å²) in [6, 6.07) is -2.35. The van der Waals surface area contributed by atoms with E-state index in [1.54, 1.807) is 12.1 Å². The predicted octanol–water partition coefficient (Wildman–Crippen LogP) is 3.06. The Hall–Kier alpha value is -4.23. The lowest BCUT2D eigenvalue weighted by atomic mass is 9.97. The van der Waals surface area contributed by atoms with Crippen LogP contribution in [0.3, 0.4) is 0 Å². The summed E-state index contributed by atoms with van der Waals surface area (Å²) in [5.74, 6) is -6.74. The minimum Gasteiger partial charge on any atom is -0.373 e. The van der Waals surface area contributed by atoms with Crippen molar-refractivity contribution in [3.8, 4) is 0 Å². The third-order valence-electron chi connectivity index (χ3n) is 11.0. The maximum atomic E-state index is 14.6. The molecule has 342 valence electrons. The first-order chi connectivity index (χ1) is 28.1. The number of hydrogen-bond acceptors (Lipinski definition) is 8. The number of aliphatic hydroxyl groups is 1. The van der Waals surface area contributed by atoms with E-state index in [0.717, 1.165) is 9.80 Å². The third-order valence-corrected chi connectivity index (χ3v) is 11.6. The summed E-state index contributed by atoms with van der Waals surface area (Å²) in [6.45, 7) is 7.53. The van der Waals surface area contributed by atoms with Crippen molar-refractivity contribution in [1.82, 2.24) is 36.0 Å². The summed E-state index contributed by atoms with van der Waals surface area (Å²) in [4.78, 5) is 98.9. The number of carbonyl (C=O) groups is 7. The molecule has 3 rings (SSSR count). The van der Waals surface area contributed by atoms with E-state index in [2.05, 4.69) is 21.3 Å². The highest BCUT2D eigenvalue weighted by Gasteiger charge is 2.59. The molecule has 2 saturated heterocycles. The molecule has 0 bridgehead atoms. The minimum absolute atomic E-state index is 0.00370. The molecule has 0 radical (unpaired) electrons. The molecule has 2 aliphatic rings. The molecule has 0 saturated carbocycles. The van der Waals surface area contributed by atoms with Gasteiger partial charge in [0.05, 0.1) is 6.54 Å². The van der Waals surface area contributed by atoms with Gasteiger partial charge in [0.2, 0.25) is 41.0 Å². The number of amides is 7. The Morgan fingerprint density at radius 1 is 1.08 bits per heavy atom. The van der Waals surface area contributed by atoms with Gasteiger partial charge in [0.25, 0.3) is 5.91 Å². The summed E-state index contributed by atoms with van der Waals surface area (Å²) in [5.41, 5.74) is -4.94. The lowest BCUT2D eigenvalue weighted by molar-refractivity contribution is -0.250. The number of carbonyl (C=O) groups excluding carboxylic acids is 7. The van der Waals surface area contributed by atoms with Gasteiger partial charge < -0.3 is 41.1 Å². The van der Waals surface area contributed by atoms with Gasteiger partial charge in [-0.3, -0.25) is 33.6 Å². The smallest absolute Gasteiger partial charge is 0.373 e. The third kappa shape index (κ3) is 12.7. The second kappa shape index (κ2) is 20.8. The Kier molecular flexibility index (Phi) is 17.4.